The quantitative estimate of drug-likeness (QED) is 0.0734. The van der Waals surface area contributed by atoms with Crippen molar-refractivity contribution in [2.45, 2.75) is 168 Å². The molecule has 0 fully saturated rings. The summed E-state index contributed by atoms with van der Waals surface area (Å²) in [5, 5.41) is 3.04. The summed E-state index contributed by atoms with van der Waals surface area (Å²) in [6.45, 7) is 7.90. The van der Waals surface area contributed by atoms with Gasteiger partial charge in [-0.1, -0.05) is 154 Å². The summed E-state index contributed by atoms with van der Waals surface area (Å²) in [5.74, 6) is 1.12. The molecule has 4 nitrogen and oxygen atoms in total. The number of nitrogens with one attached hydrogen (secondary N) is 1. The van der Waals surface area contributed by atoms with Gasteiger partial charge in [-0.25, -0.2) is 0 Å². The molecule has 0 aromatic heterocycles. The Morgan fingerprint density at radius 3 is 1.62 bits per heavy atom. The smallest absolute Gasteiger partial charge is 0.243 e. The minimum absolute atomic E-state index is 0.0350. The summed E-state index contributed by atoms with van der Waals surface area (Å²) in [7, 11) is 0. The molecule has 1 heterocycles. The normalized spacial score (nSPS) is 13.7. The Morgan fingerprint density at radius 2 is 1.12 bits per heavy atom. The average Bonchev–Trinajstić information content (AvgIpc) is 3.41. The largest absolute Gasteiger partial charge is 0.353 e. The first-order chi connectivity index (χ1) is 19.8. The predicted molar refractivity (Wildman–Crippen MR) is 177 cm³/mol. The van der Waals surface area contributed by atoms with Crippen molar-refractivity contribution in [3.8, 4) is 0 Å². The summed E-state index contributed by atoms with van der Waals surface area (Å²) < 4.78 is 0. The molecule has 1 aliphatic heterocycles. The van der Waals surface area contributed by atoms with Gasteiger partial charge in [-0.3, -0.25) is 9.79 Å². The fraction of sp³-hybridized carbons (Fsp3) is 0.833. The minimum Gasteiger partial charge on any atom is -0.353 e. The van der Waals surface area contributed by atoms with Crippen LogP contribution in [0.2, 0.25) is 0 Å². The molecule has 0 aliphatic carbocycles. The van der Waals surface area contributed by atoms with E-state index >= 15 is 0 Å². The van der Waals surface area contributed by atoms with Crippen molar-refractivity contribution < 1.29 is 4.79 Å². The third-order valence-electron chi connectivity index (χ3n) is 8.13. The second-order valence-electron chi connectivity index (χ2n) is 12.0. The van der Waals surface area contributed by atoms with Crippen LogP contribution in [0.4, 0.5) is 0 Å². The van der Waals surface area contributed by atoms with Gasteiger partial charge in [-0.2, -0.15) is 0 Å². The zero-order valence-electron chi connectivity index (χ0n) is 26.9. The van der Waals surface area contributed by atoms with Crippen molar-refractivity contribution in [3.63, 3.8) is 0 Å². The molecule has 4 heteroatoms. The lowest BCUT2D eigenvalue weighted by Gasteiger charge is -2.18. The van der Waals surface area contributed by atoms with E-state index in [1.165, 1.54) is 141 Å². The van der Waals surface area contributed by atoms with E-state index in [1.54, 1.807) is 6.08 Å². The Balaban J connectivity index is 1.95. The van der Waals surface area contributed by atoms with E-state index in [0.717, 1.165) is 38.3 Å². The standard InChI is InChI=1S/C36H67N3O/c1-3-5-7-9-11-13-15-17-19-21-23-25-27-29-35-37-31-33-39(35)34-32-38-36(40)30-28-26-24-22-20-18-16-14-12-10-8-6-4-2/h27-30H,3-26,31-34H2,1-2H3,(H,38,40)/b29-27+,30-28+. The van der Waals surface area contributed by atoms with Crippen molar-refractivity contribution in [3.05, 3.63) is 24.3 Å². The van der Waals surface area contributed by atoms with Crippen LogP contribution in [0.5, 0.6) is 0 Å². The van der Waals surface area contributed by atoms with Crippen LogP contribution in [-0.4, -0.2) is 42.8 Å². The summed E-state index contributed by atoms with van der Waals surface area (Å²) in [4.78, 5) is 19.1. The minimum atomic E-state index is 0.0350. The number of amidine groups is 1. The molecule has 1 aliphatic rings. The highest BCUT2D eigenvalue weighted by Crippen LogP contribution is 2.13. The number of aliphatic imine (C=N–C) groups is 1. The number of allylic oxidation sites excluding steroid dienone is 2. The van der Waals surface area contributed by atoms with Crippen molar-refractivity contribution in [2.75, 3.05) is 26.2 Å². The zero-order chi connectivity index (χ0) is 28.8. The number of carbonyl (C=O) groups is 1. The number of nitrogens with zero attached hydrogens (tertiary/aromatic N) is 2. The molecule has 0 saturated carbocycles. The molecule has 232 valence electrons. The van der Waals surface area contributed by atoms with Gasteiger partial charge in [0.2, 0.25) is 5.91 Å². The first-order valence-corrected chi connectivity index (χ1v) is 17.7. The van der Waals surface area contributed by atoms with Gasteiger partial charge in [0.05, 0.1) is 6.54 Å². The number of rotatable bonds is 29. The molecule has 40 heavy (non-hydrogen) atoms. The summed E-state index contributed by atoms with van der Waals surface area (Å²) in [5.41, 5.74) is 0. The Kier molecular flexibility index (Phi) is 26.4. The molecule has 0 radical (unpaired) electrons. The number of carbonyl (C=O) groups excluding carboxylic acids is 1. The van der Waals surface area contributed by atoms with E-state index < -0.39 is 0 Å². The van der Waals surface area contributed by atoms with Gasteiger partial charge in [-0.05, 0) is 37.8 Å². The molecule has 0 aromatic carbocycles. The Morgan fingerprint density at radius 1 is 0.675 bits per heavy atom. The predicted octanol–water partition coefficient (Wildman–Crippen LogP) is 10.3. The first kappa shape index (κ1) is 36.4. The number of amides is 1. The van der Waals surface area contributed by atoms with Gasteiger partial charge in [-0.15, -0.1) is 0 Å². The molecule has 0 atom stereocenters. The molecule has 1 amide bonds. The van der Waals surface area contributed by atoms with Crippen molar-refractivity contribution in [1.29, 1.82) is 0 Å². The van der Waals surface area contributed by atoms with Gasteiger partial charge < -0.3 is 10.2 Å². The maximum Gasteiger partial charge on any atom is 0.243 e. The van der Waals surface area contributed by atoms with Gasteiger partial charge in [0.1, 0.15) is 5.84 Å². The molecular formula is C36H67N3O. The molecular weight excluding hydrogens is 490 g/mol. The topological polar surface area (TPSA) is 44.7 Å². The van der Waals surface area contributed by atoms with Crippen molar-refractivity contribution in [1.82, 2.24) is 10.2 Å². The molecule has 0 spiro atoms. The maximum absolute atomic E-state index is 12.1. The summed E-state index contributed by atoms with van der Waals surface area (Å²) >= 11 is 0. The van der Waals surface area contributed by atoms with E-state index in [2.05, 4.69) is 41.2 Å². The number of hydrogen-bond donors (Lipinski definition) is 1. The molecule has 1 N–H and O–H groups in total. The van der Waals surface area contributed by atoms with Crippen molar-refractivity contribution >= 4 is 11.7 Å². The average molecular weight is 558 g/mol. The second-order valence-corrected chi connectivity index (χ2v) is 12.0. The molecule has 0 aromatic rings. The fourth-order valence-corrected chi connectivity index (χ4v) is 5.49. The third kappa shape index (κ3) is 23.2. The van der Waals surface area contributed by atoms with E-state index in [4.69, 9.17) is 0 Å². The zero-order valence-corrected chi connectivity index (χ0v) is 26.9. The Hall–Kier alpha value is -1.58. The van der Waals surface area contributed by atoms with Crippen LogP contribution in [0.3, 0.4) is 0 Å². The summed E-state index contributed by atoms with van der Waals surface area (Å²) in [6.07, 6.45) is 40.7. The van der Waals surface area contributed by atoms with Crippen LogP contribution in [0, 0.1) is 0 Å². The lowest BCUT2D eigenvalue weighted by atomic mass is 10.1. The van der Waals surface area contributed by atoms with Crippen LogP contribution < -0.4 is 5.32 Å². The van der Waals surface area contributed by atoms with Crippen LogP contribution in [0.25, 0.3) is 0 Å². The molecule has 1 rings (SSSR count). The fourth-order valence-electron chi connectivity index (χ4n) is 5.49. The maximum atomic E-state index is 12.1. The lowest BCUT2D eigenvalue weighted by Crippen LogP contribution is -2.35. The van der Waals surface area contributed by atoms with Gasteiger partial charge in [0, 0.05) is 19.6 Å². The monoisotopic (exact) mass is 558 g/mol. The van der Waals surface area contributed by atoms with Gasteiger partial charge in [0.15, 0.2) is 0 Å². The highest BCUT2D eigenvalue weighted by Gasteiger charge is 2.13. The van der Waals surface area contributed by atoms with Crippen LogP contribution >= 0.6 is 0 Å². The molecule has 0 unspecified atom stereocenters. The van der Waals surface area contributed by atoms with Gasteiger partial charge >= 0.3 is 0 Å². The van der Waals surface area contributed by atoms with Crippen LogP contribution in [0.1, 0.15) is 168 Å². The SMILES string of the molecule is CCCCCCCCCCCCC/C=C/C(=O)NCCN1CCN=C1/C=C/CCCCCCCCCCCCC. The Labute approximate surface area is 249 Å². The van der Waals surface area contributed by atoms with Crippen LogP contribution in [-0.2, 0) is 4.79 Å². The molecule has 0 bridgehead atoms. The van der Waals surface area contributed by atoms with Gasteiger partial charge in [0.25, 0.3) is 0 Å². The second kappa shape index (κ2) is 28.9. The molecule has 0 saturated heterocycles. The van der Waals surface area contributed by atoms with Crippen LogP contribution in [0.15, 0.2) is 29.3 Å². The van der Waals surface area contributed by atoms with E-state index in [1.807, 2.05) is 6.08 Å². The summed E-state index contributed by atoms with van der Waals surface area (Å²) in [6, 6.07) is 0. The Bertz CT molecular complexity index is 654. The highest BCUT2D eigenvalue weighted by atomic mass is 16.1. The van der Waals surface area contributed by atoms with Crippen molar-refractivity contribution in [2.24, 2.45) is 4.99 Å². The lowest BCUT2D eigenvalue weighted by molar-refractivity contribution is -0.116. The van der Waals surface area contributed by atoms with E-state index in [-0.39, 0.29) is 5.91 Å². The first-order valence-electron chi connectivity index (χ1n) is 17.7. The van der Waals surface area contributed by atoms with E-state index in [0.29, 0.717) is 6.54 Å². The highest BCUT2D eigenvalue weighted by molar-refractivity contribution is 5.94. The van der Waals surface area contributed by atoms with E-state index in [9.17, 15) is 4.79 Å². The third-order valence-corrected chi connectivity index (χ3v) is 8.13. The number of unbranched alkanes of at least 4 members (excludes halogenated alkanes) is 22. The number of hydrogen-bond acceptors (Lipinski definition) is 3.